The van der Waals surface area contributed by atoms with Gasteiger partial charge in [-0.15, -0.1) is 0 Å². The van der Waals surface area contributed by atoms with Gasteiger partial charge in [-0.05, 0) is 31.2 Å². The normalized spacial score (nSPS) is 11.7. The molecule has 0 radical (unpaired) electrons. The van der Waals surface area contributed by atoms with E-state index in [-0.39, 0.29) is 23.0 Å². The molecule has 2 aromatic rings. The van der Waals surface area contributed by atoms with Crippen LogP contribution in [-0.2, 0) is 0 Å². The van der Waals surface area contributed by atoms with Crippen LogP contribution < -0.4 is 5.32 Å². The maximum absolute atomic E-state index is 11.1. The number of carboxylic acid groups (broad SMARTS) is 1. The Kier molecular flexibility index (Phi) is 4.13. The number of carbonyl (C=O) groups is 1. The van der Waals surface area contributed by atoms with Crippen LogP contribution in [0.2, 0.25) is 0 Å². The largest absolute Gasteiger partial charge is 0.478 e. The fourth-order valence-corrected chi connectivity index (χ4v) is 1.88. The Hall–Kier alpha value is -2.96. The summed E-state index contributed by atoms with van der Waals surface area (Å²) in [5.74, 6) is -1.21. The molecule has 1 atom stereocenters. The summed E-state index contributed by atoms with van der Waals surface area (Å²) in [6.07, 6.45) is 1.63. The van der Waals surface area contributed by atoms with Gasteiger partial charge in [0.1, 0.15) is 5.69 Å². The highest BCUT2D eigenvalue weighted by atomic mass is 16.6. The predicted octanol–water partition coefficient (Wildman–Crippen LogP) is 2.86. The van der Waals surface area contributed by atoms with Crippen LogP contribution in [0.1, 0.15) is 29.0 Å². The van der Waals surface area contributed by atoms with Crippen LogP contribution in [0.25, 0.3) is 0 Å². The molecule has 1 heterocycles. The van der Waals surface area contributed by atoms with Gasteiger partial charge in [0.2, 0.25) is 0 Å². The number of pyridine rings is 1. The number of nitrogens with zero attached hydrogens (tertiary/aromatic N) is 2. The second-order valence-electron chi connectivity index (χ2n) is 4.41. The van der Waals surface area contributed by atoms with Crippen LogP contribution in [0, 0.1) is 10.1 Å². The van der Waals surface area contributed by atoms with Gasteiger partial charge in [0, 0.05) is 12.3 Å². The van der Waals surface area contributed by atoms with Crippen molar-refractivity contribution in [2.24, 2.45) is 0 Å². The first-order valence-electron chi connectivity index (χ1n) is 6.18. The Balaban J connectivity index is 2.31. The zero-order valence-corrected chi connectivity index (χ0v) is 11.2. The average molecular weight is 287 g/mol. The van der Waals surface area contributed by atoms with Crippen LogP contribution in [0.4, 0.5) is 11.4 Å². The van der Waals surface area contributed by atoms with Crippen molar-refractivity contribution in [1.82, 2.24) is 4.98 Å². The molecule has 7 heteroatoms. The van der Waals surface area contributed by atoms with E-state index in [4.69, 9.17) is 5.11 Å². The molecule has 0 fully saturated rings. The Morgan fingerprint density at radius 1 is 1.38 bits per heavy atom. The molecule has 2 N–H and O–H groups in total. The minimum absolute atomic E-state index is 0.127. The topological polar surface area (TPSA) is 105 Å². The second kappa shape index (κ2) is 6.00. The summed E-state index contributed by atoms with van der Waals surface area (Å²) >= 11 is 0. The van der Waals surface area contributed by atoms with Gasteiger partial charge in [0.15, 0.2) is 0 Å². The van der Waals surface area contributed by atoms with Gasteiger partial charge in [-0.1, -0.05) is 6.07 Å². The molecule has 1 aromatic carbocycles. The van der Waals surface area contributed by atoms with E-state index in [0.717, 1.165) is 11.8 Å². The third-order valence-electron chi connectivity index (χ3n) is 2.94. The summed E-state index contributed by atoms with van der Waals surface area (Å²) < 4.78 is 0. The lowest BCUT2D eigenvalue weighted by Gasteiger charge is -2.14. The highest BCUT2D eigenvalue weighted by molar-refractivity contribution is 5.89. The standard InChI is InChI=1S/C14H13N3O4/c1-9(11-4-2-3-7-15-11)16-12-6-5-10(14(18)19)8-13(12)17(20)21/h2-9,16H,1H3,(H,18,19)/t9-/m0/s1. The smallest absolute Gasteiger partial charge is 0.335 e. The number of aromatic nitrogens is 1. The quantitative estimate of drug-likeness (QED) is 0.647. The molecule has 0 amide bonds. The molecule has 1 aromatic heterocycles. The Morgan fingerprint density at radius 2 is 2.14 bits per heavy atom. The second-order valence-corrected chi connectivity index (χ2v) is 4.41. The summed E-state index contributed by atoms with van der Waals surface area (Å²) in [4.78, 5) is 25.5. The van der Waals surface area contributed by atoms with Crippen LogP contribution in [0.5, 0.6) is 0 Å². The van der Waals surface area contributed by atoms with Crippen molar-refractivity contribution in [3.8, 4) is 0 Å². The number of nitrogens with one attached hydrogen (secondary N) is 1. The molecule has 0 aliphatic rings. The maximum atomic E-state index is 11.1. The summed E-state index contributed by atoms with van der Waals surface area (Å²) in [5.41, 5.74) is 0.577. The van der Waals surface area contributed by atoms with Crippen molar-refractivity contribution < 1.29 is 14.8 Å². The van der Waals surface area contributed by atoms with E-state index in [0.29, 0.717) is 0 Å². The van der Waals surface area contributed by atoms with E-state index in [1.807, 2.05) is 13.0 Å². The van der Waals surface area contributed by atoms with E-state index in [1.165, 1.54) is 12.1 Å². The molecule has 7 nitrogen and oxygen atoms in total. The number of anilines is 1. The molecule has 0 bridgehead atoms. The van der Waals surface area contributed by atoms with Gasteiger partial charge < -0.3 is 10.4 Å². The zero-order valence-electron chi connectivity index (χ0n) is 11.2. The Morgan fingerprint density at radius 3 is 2.71 bits per heavy atom. The molecule has 0 saturated heterocycles. The maximum Gasteiger partial charge on any atom is 0.335 e. The zero-order chi connectivity index (χ0) is 15.4. The van der Waals surface area contributed by atoms with Crippen molar-refractivity contribution in [2.45, 2.75) is 13.0 Å². The predicted molar refractivity (Wildman–Crippen MR) is 76.3 cm³/mol. The van der Waals surface area contributed by atoms with Gasteiger partial charge in [-0.3, -0.25) is 15.1 Å². The van der Waals surface area contributed by atoms with E-state index >= 15 is 0 Å². The van der Waals surface area contributed by atoms with Crippen LogP contribution in [0.3, 0.4) is 0 Å². The Bertz CT molecular complexity index is 673. The molecule has 21 heavy (non-hydrogen) atoms. The Labute approximate surface area is 120 Å². The van der Waals surface area contributed by atoms with E-state index in [9.17, 15) is 14.9 Å². The molecular formula is C14H13N3O4. The molecule has 0 spiro atoms. The molecule has 0 unspecified atom stereocenters. The number of rotatable bonds is 5. The fourth-order valence-electron chi connectivity index (χ4n) is 1.88. The van der Waals surface area contributed by atoms with Crippen molar-refractivity contribution in [1.29, 1.82) is 0 Å². The fraction of sp³-hybridized carbons (Fsp3) is 0.143. The number of benzene rings is 1. The molecule has 0 saturated carbocycles. The summed E-state index contributed by atoms with van der Waals surface area (Å²) in [5, 5.41) is 22.9. The van der Waals surface area contributed by atoms with Gasteiger partial charge >= 0.3 is 5.97 Å². The molecule has 108 valence electrons. The highest BCUT2D eigenvalue weighted by Gasteiger charge is 2.19. The summed E-state index contributed by atoms with van der Waals surface area (Å²) in [6, 6.07) is 8.90. The van der Waals surface area contributed by atoms with E-state index in [1.54, 1.807) is 18.3 Å². The van der Waals surface area contributed by atoms with E-state index < -0.39 is 10.9 Å². The highest BCUT2D eigenvalue weighted by Crippen LogP contribution is 2.28. The number of carboxylic acids is 1. The number of nitro groups is 1. The summed E-state index contributed by atoms with van der Waals surface area (Å²) in [6.45, 7) is 1.82. The minimum Gasteiger partial charge on any atom is -0.478 e. The first-order chi connectivity index (χ1) is 9.99. The van der Waals surface area contributed by atoms with Crippen molar-refractivity contribution in [2.75, 3.05) is 5.32 Å². The molecule has 0 aliphatic carbocycles. The molecular weight excluding hydrogens is 274 g/mol. The van der Waals surface area contributed by atoms with Crippen molar-refractivity contribution in [3.63, 3.8) is 0 Å². The number of hydrogen-bond acceptors (Lipinski definition) is 5. The first-order valence-corrected chi connectivity index (χ1v) is 6.18. The monoisotopic (exact) mass is 287 g/mol. The van der Waals surface area contributed by atoms with Crippen LogP contribution in [-0.4, -0.2) is 21.0 Å². The lowest BCUT2D eigenvalue weighted by molar-refractivity contribution is -0.384. The van der Waals surface area contributed by atoms with Crippen molar-refractivity contribution in [3.05, 3.63) is 64.0 Å². The molecule has 0 aliphatic heterocycles. The van der Waals surface area contributed by atoms with Crippen molar-refractivity contribution >= 4 is 17.3 Å². The lowest BCUT2D eigenvalue weighted by atomic mass is 10.1. The minimum atomic E-state index is -1.21. The third-order valence-corrected chi connectivity index (χ3v) is 2.94. The van der Waals surface area contributed by atoms with E-state index in [2.05, 4.69) is 10.3 Å². The lowest BCUT2D eigenvalue weighted by Crippen LogP contribution is -2.10. The first kappa shape index (κ1) is 14.4. The van der Waals surface area contributed by atoms with Gasteiger partial charge in [0.05, 0.1) is 22.2 Å². The number of aromatic carboxylic acids is 1. The van der Waals surface area contributed by atoms with Crippen LogP contribution in [0.15, 0.2) is 42.6 Å². The van der Waals surface area contributed by atoms with Gasteiger partial charge in [0.25, 0.3) is 5.69 Å². The number of nitro benzene ring substituents is 1. The molecule has 2 rings (SSSR count). The summed E-state index contributed by atoms with van der Waals surface area (Å²) in [7, 11) is 0. The third kappa shape index (κ3) is 3.33. The van der Waals surface area contributed by atoms with Gasteiger partial charge in [-0.25, -0.2) is 4.79 Å². The average Bonchev–Trinajstić information content (AvgIpc) is 2.48. The van der Waals surface area contributed by atoms with Gasteiger partial charge in [-0.2, -0.15) is 0 Å². The number of hydrogen-bond donors (Lipinski definition) is 2. The van der Waals surface area contributed by atoms with Crippen LogP contribution >= 0.6 is 0 Å². The SMILES string of the molecule is C[C@H](Nc1ccc(C(=O)O)cc1[N+](=O)[O-])c1ccccn1.